The highest BCUT2D eigenvalue weighted by atomic mass is 15.3. The van der Waals surface area contributed by atoms with Crippen LogP contribution in [-0.2, 0) is 6.42 Å². The smallest absolute Gasteiger partial charge is 0.220 e. The summed E-state index contributed by atoms with van der Waals surface area (Å²) >= 11 is 0. The molecule has 0 radical (unpaired) electrons. The van der Waals surface area contributed by atoms with Crippen LogP contribution < -0.4 is 0 Å². The summed E-state index contributed by atoms with van der Waals surface area (Å²) < 4.78 is 1.68. The average molecular weight is 174 g/mol. The minimum Gasteiger partial charge on any atom is -0.220 e. The van der Waals surface area contributed by atoms with Gasteiger partial charge in [0.1, 0.15) is 0 Å². The Balaban J connectivity index is 2.36. The minimum atomic E-state index is 0.613. The molecule has 4 nitrogen and oxygen atoms in total. The third-order valence-electron chi connectivity index (χ3n) is 1.80. The van der Waals surface area contributed by atoms with Crippen molar-refractivity contribution in [2.75, 3.05) is 0 Å². The molecular formula is C9H10N4. The Hall–Kier alpha value is -1.71. The summed E-state index contributed by atoms with van der Waals surface area (Å²) in [6.07, 6.45) is 8.16. The summed E-state index contributed by atoms with van der Waals surface area (Å²) in [7, 11) is 0. The van der Waals surface area contributed by atoms with E-state index in [9.17, 15) is 0 Å². The van der Waals surface area contributed by atoms with Gasteiger partial charge in [-0.25, -0.2) is 14.6 Å². The molecule has 66 valence electrons. The maximum Gasteiger partial charge on any atom is 0.250 e. The Morgan fingerprint density at radius 1 is 1.31 bits per heavy atom. The molecule has 0 unspecified atom stereocenters. The van der Waals surface area contributed by atoms with E-state index in [1.165, 1.54) is 5.56 Å². The molecule has 2 heterocycles. The Kier molecular flexibility index (Phi) is 2.04. The molecule has 0 aromatic carbocycles. The largest absolute Gasteiger partial charge is 0.250 e. The van der Waals surface area contributed by atoms with Crippen molar-refractivity contribution in [2.45, 2.75) is 13.3 Å². The van der Waals surface area contributed by atoms with Crippen molar-refractivity contribution in [2.24, 2.45) is 0 Å². The van der Waals surface area contributed by atoms with Crippen LogP contribution in [0.5, 0.6) is 0 Å². The van der Waals surface area contributed by atoms with Crippen molar-refractivity contribution in [1.29, 1.82) is 0 Å². The van der Waals surface area contributed by atoms with Crippen molar-refractivity contribution in [1.82, 2.24) is 19.7 Å². The molecule has 2 aromatic heterocycles. The van der Waals surface area contributed by atoms with Gasteiger partial charge < -0.3 is 0 Å². The van der Waals surface area contributed by atoms with E-state index in [4.69, 9.17) is 0 Å². The zero-order chi connectivity index (χ0) is 9.10. The van der Waals surface area contributed by atoms with E-state index in [1.807, 2.05) is 12.4 Å². The highest BCUT2D eigenvalue weighted by molar-refractivity contribution is 5.13. The Morgan fingerprint density at radius 3 is 2.69 bits per heavy atom. The fourth-order valence-corrected chi connectivity index (χ4v) is 1.06. The molecule has 0 bridgehead atoms. The van der Waals surface area contributed by atoms with Gasteiger partial charge in [0.2, 0.25) is 5.95 Å². The van der Waals surface area contributed by atoms with Gasteiger partial charge in [-0.2, -0.15) is 5.10 Å². The van der Waals surface area contributed by atoms with Crippen LogP contribution in [0.25, 0.3) is 5.95 Å². The lowest BCUT2D eigenvalue weighted by Crippen LogP contribution is -1.99. The molecule has 0 amide bonds. The molecule has 0 aliphatic heterocycles. The van der Waals surface area contributed by atoms with E-state index in [0.717, 1.165) is 6.42 Å². The lowest BCUT2D eigenvalue weighted by atomic mass is 10.3. The van der Waals surface area contributed by atoms with Gasteiger partial charge in [0.25, 0.3) is 0 Å². The molecule has 0 aliphatic rings. The standard InChI is InChI=1S/C9H10N4/c1-2-8-6-12-13(7-8)9-10-4-3-5-11-9/h3-7H,2H2,1H3. The van der Waals surface area contributed by atoms with Crippen molar-refractivity contribution in [3.8, 4) is 5.95 Å². The summed E-state index contributed by atoms with van der Waals surface area (Å²) in [5.41, 5.74) is 1.19. The molecule has 13 heavy (non-hydrogen) atoms. The minimum absolute atomic E-state index is 0.613. The first-order chi connectivity index (χ1) is 6.40. The fraction of sp³-hybridized carbons (Fsp3) is 0.222. The normalized spacial score (nSPS) is 10.2. The molecule has 0 aliphatic carbocycles. The first-order valence-corrected chi connectivity index (χ1v) is 4.21. The van der Waals surface area contributed by atoms with Crippen molar-refractivity contribution < 1.29 is 0 Å². The summed E-state index contributed by atoms with van der Waals surface area (Å²) in [6, 6.07) is 1.79. The van der Waals surface area contributed by atoms with Crippen LogP contribution in [-0.4, -0.2) is 19.7 Å². The first-order valence-electron chi connectivity index (χ1n) is 4.21. The Morgan fingerprint density at radius 2 is 2.08 bits per heavy atom. The van der Waals surface area contributed by atoms with Crippen LogP contribution in [0.2, 0.25) is 0 Å². The molecule has 0 atom stereocenters. The van der Waals surface area contributed by atoms with Crippen LogP contribution in [0.3, 0.4) is 0 Å². The van der Waals surface area contributed by atoms with E-state index >= 15 is 0 Å². The fourth-order valence-electron chi connectivity index (χ4n) is 1.06. The van der Waals surface area contributed by atoms with Gasteiger partial charge in [-0.1, -0.05) is 6.92 Å². The van der Waals surface area contributed by atoms with Gasteiger partial charge in [-0.3, -0.25) is 0 Å². The molecule has 2 aromatic rings. The van der Waals surface area contributed by atoms with Gasteiger partial charge >= 0.3 is 0 Å². The van der Waals surface area contributed by atoms with E-state index in [0.29, 0.717) is 5.95 Å². The molecule has 2 rings (SSSR count). The second-order valence-corrected chi connectivity index (χ2v) is 2.70. The molecule has 0 fully saturated rings. The van der Waals surface area contributed by atoms with Crippen LogP contribution in [0, 0.1) is 0 Å². The monoisotopic (exact) mass is 174 g/mol. The summed E-state index contributed by atoms with van der Waals surface area (Å²) in [6.45, 7) is 2.09. The van der Waals surface area contributed by atoms with Crippen LogP contribution in [0.4, 0.5) is 0 Å². The maximum absolute atomic E-state index is 4.15. The van der Waals surface area contributed by atoms with Crippen molar-refractivity contribution in [3.05, 3.63) is 36.4 Å². The molecular weight excluding hydrogens is 164 g/mol. The summed E-state index contributed by atoms with van der Waals surface area (Å²) in [5, 5.41) is 4.15. The van der Waals surface area contributed by atoms with E-state index in [-0.39, 0.29) is 0 Å². The summed E-state index contributed by atoms with van der Waals surface area (Å²) in [5.74, 6) is 0.613. The third kappa shape index (κ3) is 1.56. The zero-order valence-corrected chi connectivity index (χ0v) is 7.38. The predicted molar refractivity (Wildman–Crippen MR) is 48.5 cm³/mol. The van der Waals surface area contributed by atoms with Crippen LogP contribution >= 0.6 is 0 Å². The second-order valence-electron chi connectivity index (χ2n) is 2.70. The number of aryl methyl sites for hydroxylation is 1. The van der Waals surface area contributed by atoms with Crippen molar-refractivity contribution >= 4 is 0 Å². The zero-order valence-electron chi connectivity index (χ0n) is 7.38. The Labute approximate surface area is 76.3 Å². The number of hydrogen-bond donors (Lipinski definition) is 0. The number of rotatable bonds is 2. The van der Waals surface area contributed by atoms with E-state index in [1.54, 1.807) is 23.1 Å². The number of hydrogen-bond acceptors (Lipinski definition) is 3. The second kappa shape index (κ2) is 3.35. The summed E-state index contributed by atoms with van der Waals surface area (Å²) in [4.78, 5) is 8.17. The third-order valence-corrected chi connectivity index (χ3v) is 1.80. The lowest BCUT2D eigenvalue weighted by molar-refractivity contribution is 0.807. The van der Waals surface area contributed by atoms with Gasteiger partial charge in [0.15, 0.2) is 0 Å². The molecule has 0 saturated carbocycles. The number of nitrogens with zero attached hydrogens (tertiary/aromatic N) is 4. The van der Waals surface area contributed by atoms with Gasteiger partial charge in [-0.05, 0) is 18.1 Å². The molecule has 0 N–H and O–H groups in total. The predicted octanol–water partition coefficient (Wildman–Crippen LogP) is 1.22. The quantitative estimate of drug-likeness (QED) is 0.687. The highest BCUT2D eigenvalue weighted by Gasteiger charge is 1.99. The van der Waals surface area contributed by atoms with E-state index in [2.05, 4.69) is 22.0 Å². The Bertz CT molecular complexity index is 380. The topological polar surface area (TPSA) is 43.6 Å². The van der Waals surface area contributed by atoms with E-state index < -0.39 is 0 Å². The number of aromatic nitrogens is 4. The molecule has 0 spiro atoms. The van der Waals surface area contributed by atoms with Crippen LogP contribution in [0.15, 0.2) is 30.9 Å². The maximum atomic E-state index is 4.15. The van der Waals surface area contributed by atoms with Gasteiger partial charge in [0.05, 0.1) is 6.20 Å². The van der Waals surface area contributed by atoms with Gasteiger partial charge in [-0.15, -0.1) is 0 Å². The van der Waals surface area contributed by atoms with Gasteiger partial charge in [0, 0.05) is 18.6 Å². The highest BCUT2D eigenvalue weighted by Crippen LogP contribution is 2.02. The molecule has 0 saturated heterocycles. The SMILES string of the molecule is CCc1cnn(-c2ncccn2)c1. The van der Waals surface area contributed by atoms with Crippen LogP contribution in [0.1, 0.15) is 12.5 Å². The average Bonchev–Trinajstić information content (AvgIpc) is 2.67. The first kappa shape index (κ1) is 7.91. The lowest BCUT2D eigenvalue weighted by Gasteiger charge is -1.95. The van der Waals surface area contributed by atoms with Crippen molar-refractivity contribution in [3.63, 3.8) is 0 Å². The molecule has 4 heteroatoms.